The van der Waals surface area contributed by atoms with Gasteiger partial charge in [0.2, 0.25) is 5.88 Å². The number of rotatable bonds is 2. The summed E-state index contributed by atoms with van der Waals surface area (Å²) < 4.78 is 0. The molecule has 1 aromatic heterocycles. The van der Waals surface area contributed by atoms with Crippen LogP contribution in [0, 0.1) is 6.92 Å². The number of hydrogen-bond acceptors (Lipinski definition) is 3. The first-order valence-corrected chi connectivity index (χ1v) is 7.56. The number of aromatic hydroxyl groups is 1. The Balaban J connectivity index is 2.05. The summed E-state index contributed by atoms with van der Waals surface area (Å²) in [5, 5.41) is 10.2. The lowest BCUT2D eigenvalue weighted by Crippen LogP contribution is -2.18. The first-order chi connectivity index (χ1) is 10.2. The molecule has 0 radical (unpaired) electrons. The molecule has 3 rings (SSSR count). The summed E-state index contributed by atoms with van der Waals surface area (Å²) in [5.74, 6) is 0.742. The van der Waals surface area contributed by atoms with E-state index in [1.807, 2.05) is 31.2 Å². The van der Waals surface area contributed by atoms with Crippen LogP contribution in [0.25, 0.3) is 11.1 Å². The molecule has 0 bridgehead atoms. The van der Waals surface area contributed by atoms with Gasteiger partial charge in [-0.3, -0.25) is 4.79 Å². The molecule has 0 aliphatic heterocycles. The molecule has 1 aromatic carbocycles. The van der Waals surface area contributed by atoms with E-state index >= 15 is 0 Å². The van der Waals surface area contributed by atoms with Crippen molar-refractivity contribution in [3.63, 3.8) is 0 Å². The monoisotopic (exact) mass is 284 g/mol. The Labute approximate surface area is 123 Å². The van der Waals surface area contributed by atoms with Gasteiger partial charge in [-0.1, -0.05) is 43.5 Å². The predicted molar refractivity (Wildman–Crippen MR) is 82.5 cm³/mol. The Morgan fingerprint density at radius 1 is 1.19 bits per heavy atom. The number of aromatic nitrogens is 2. The van der Waals surface area contributed by atoms with Gasteiger partial charge in [0.1, 0.15) is 11.4 Å². The van der Waals surface area contributed by atoms with Crippen molar-refractivity contribution in [2.45, 2.75) is 44.9 Å². The van der Waals surface area contributed by atoms with Crippen LogP contribution in [-0.2, 0) is 0 Å². The average Bonchev–Trinajstić information content (AvgIpc) is 2.49. The number of aryl methyl sites for hydroxylation is 1. The van der Waals surface area contributed by atoms with Gasteiger partial charge in [-0.25, -0.2) is 0 Å². The molecule has 0 saturated heterocycles. The highest BCUT2D eigenvalue weighted by Crippen LogP contribution is 2.32. The maximum atomic E-state index is 12.4. The summed E-state index contributed by atoms with van der Waals surface area (Å²) in [4.78, 5) is 19.6. The minimum absolute atomic E-state index is 0.159. The van der Waals surface area contributed by atoms with E-state index in [9.17, 15) is 9.90 Å². The lowest BCUT2D eigenvalue weighted by molar-refractivity contribution is 0.410. The van der Waals surface area contributed by atoms with Crippen molar-refractivity contribution in [3.05, 3.63) is 46.0 Å². The SMILES string of the molecule is Cc1ccccc1-c1c(O)nc(C2CCCCC2)[nH]c1=O. The van der Waals surface area contributed by atoms with Gasteiger partial charge >= 0.3 is 0 Å². The van der Waals surface area contributed by atoms with E-state index in [2.05, 4.69) is 9.97 Å². The van der Waals surface area contributed by atoms with E-state index in [0.717, 1.165) is 36.8 Å². The molecule has 1 saturated carbocycles. The zero-order valence-electron chi connectivity index (χ0n) is 12.2. The van der Waals surface area contributed by atoms with E-state index in [0.29, 0.717) is 5.82 Å². The molecule has 2 aromatic rings. The van der Waals surface area contributed by atoms with E-state index in [4.69, 9.17) is 0 Å². The summed E-state index contributed by atoms with van der Waals surface area (Å²) in [7, 11) is 0. The van der Waals surface area contributed by atoms with Crippen LogP contribution in [0.1, 0.15) is 49.4 Å². The number of aromatic amines is 1. The Morgan fingerprint density at radius 2 is 1.90 bits per heavy atom. The number of nitrogens with one attached hydrogen (secondary N) is 1. The lowest BCUT2D eigenvalue weighted by atomic mass is 9.88. The van der Waals surface area contributed by atoms with Crippen LogP contribution < -0.4 is 5.56 Å². The molecule has 2 N–H and O–H groups in total. The Morgan fingerprint density at radius 3 is 2.57 bits per heavy atom. The summed E-state index contributed by atoms with van der Waals surface area (Å²) in [6.07, 6.45) is 5.63. The van der Waals surface area contributed by atoms with Gasteiger partial charge in [-0.05, 0) is 30.9 Å². The Kier molecular flexibility index (Phi) is 3.78. The van der Waals surface area contributed by atoms with Gasteiger partial charge in [0.05, 0.1) is 0 Å². The Hall–Kier alpha value is -2.10. The second kappa shape index (κ2) is 5.72. The van der Waals surface area contributed by atoms with Crippen molar-refractivity contribution in [2.75, 3.05) is 0 Å². The number of nitrogens with zero attached hydrogens (tertiary/aromatic N) is 1. The zero-order valence-corrected chi connectivity index (χ0v) is 12.2. The number of benzene rings is 1. The van der Waals surface area contributed by atoms with Crippen molar-refractivity contribution in [2.24, 2.45) is 0 Å². The molecule has 1 heterocycles. The number of hydrogen-bond donors (Lipinski definition) is 2. The molecule has 4 heteroatoms. The van der Waals surface area contributed by atoms with Crippen LogP contribution in [0.3, 0.4) is 0 Å². The molecule has 0 amide bonds. The minimum atomic E-state index is -0.252. The molecule has 1 fully saturated rings. The van der Waals surface area contributed by atoms with Crippen molar-refractivity contribution in [3.8, 4) is 17.0 Å². The van der Waals surface area contributed by atoms with Crippen molar-refractivity contribution >= 4 is 0 Å². The summed E-state index contributed by atoms with van der Waals surface area (Å²) in [6.45, 7) is 1.92. The highest BCUT2D eigenvalue weighted by atomic mass is 16.3. The average molecular weight is 284 g/mol. The van der Waals surface area contributed by atoms with E-state index in [-0.39, 0.29) is 22.9 Å². The second-order valence-electron chi connectivity index (χ2n) is 5.80. The van der Waals surface area contributed by atoms with Crippen LogP contribution in [0.4, 0.5) is 0 Å². The van der Waals surface area contributed by atoms with Gasteiger partial charge in [0, 0.05) is 5.92 Å². The second-order valence-corrected chi connectivity index (χ2v) is 5.80. The highest BCUT2D eigenvalue weighted by Gasteiger charge is 2.21. The lowest BCUT2D eigenvalue weighted by Gasteiger charge is -2.21. The third-order valence-electron chi connectivity index (χ3n) is 4.32. The molecule has 1 aliphatic rings. The maximum absolute atomic E-state index is 12.4. The van der Waals surface area contributed by atoms with Crippen LogP contribution in [0.15, 0.2) is 29.1 Å². The molecule has 1 aliphatic carbocycles. The first-order valence-electron chi connectivity index (χ1n) is 7.56. The van der Waals surface area contributed by atoms with Crippen molar-refractivity contribution in [1.29, 1.82) is 0 Å². The third kappa shape index (κ3) is 2.71. The van der Waals surface area contributed by atoms with E-state index < -0.39 is 0 Å². The van der Waals surface area contributed by atoms with Gasteiger partial charge in [-0.15, -0.1) is 0 Å². The maximum Gasteiger partial charge on any atom is 0.262 e. The fourth-order valence-corrected chi connectivity index (χ4v) is 3.14. The van der Waals surface area contributed by atoms with Crippen LogP contribution in [0.2, 0.25) is 0 Å². The molecule has 21 heavy (non-hydrogen) atoms. The smallest absolute Gasteiger partial charge is 0.262 e. The molecular formula is C17H20N2O2. The standard InChI is InChI=1S/C17H20N2O2/c1-11-7-5-6-10-13(11)14-16(20)18-15(19-17(14)21)12-8-3-2-4-9-12/h5-7,10,12H,2-4,8-9H2,1H3,(H2,18,19,20,21). The van der Waals surface area contributed by atoms with Crippen LogP contribution in [-0.4, -0.2) is 15.1 Å². The third-order valence-corrected chi connectivity index (χ3v) is 4.32. The summed E-state index contributed by atoms with van der Waals surface area (Å²) in [5.41, 5.74) is 1.70. The molecule has 4 nitrogen and oxygen atoms in total. The van der Waals surface area contributed by atoms with Gasteiger partial charge in [0.25, 0.3) is 5.56 Å². The molecular weight excluding hydrogens is 264 g/mol. The van der Waals surface area contributed by atoms with Crippen molar-refractivity contribution < 1.29 is 5.11 Å². The fourth-order valence-electron chi connectivity index (χ4n) is 3.14. The fraction of sp³-hybridized carbons (Fsp3) is 0.412. The molecule has 0 unspecified atom stereocenters. The molecule has 0 atom stereocenters. The minimum Gasteiger partial charge on any atom is -0.493 e. The van der Waals surface area contributed by atoms with Gasteiger partial charge in [0.15, 0.2) is 0 Å². The number of H-pyrrole nitrogens is 1. The normalized spacial score (nSPS) is 16.0. The zero-order chi connectivity index (χ0) is 14.8. The largest absolute Gasteiger partial charge is 0.493 e. The van der Waals surface area contributed by atoms with Crippen LogP contribution >= 0.6 is 0 Å². The van der Waals surface area contributed by atoms with Crippen LogP contribution in [0.5, 0.6) is 5.88 Å². The van der Waals surface area contributed by atoms with E-state index in [1.165, 1.54) is 6.42 Å². The van der Waals surface area contributed by atoms with Gasteiger partial charge < -0.3 is 10.1 Å². The van der Waals surface area contributed by atoms with Crippen molar-refractivity contribution in [1.82, 2.24) is 9.97 Å². The first kappa shape index (κ1) is 13.9. The topological polar surface area (TPSA) is 66.0 Å². The predicted octanol–water partition coefficient (Wildman–Crippen LogP) is 3.50. The molecule has 110 valence electrons. The Bertz CT molecular complexity index is 700. The highest BCUT2D eigenvalue weighted by molar-refractivity contribution is 5.70. The quantitative estimate of drug-likeness (QED) is 0.887. The summed E-state index contributed by atoms with van der Waals surface area (Å²) >= 11 is 0. The van der Waals surface area contributed by atoms with E-state index in [1.54, 1.807) is 0 Å². The van der Waals surface area contributed by atoms with Gasteiger partial charge in [-0.2, -0.15) is 4.98 Å². The summed E-state index contributed by atoms with van der Waals surface area (Å²) in [6, 6.07) is 7.52. The molecule has 0 spiro atoms.